The van der Waals surface area contributed by atoms with Gasteiger partial charge in [0.2, 0.25) is 0 Å². The van der Waals surface area contributed by atoms with Gasteiger partial charge in [-0.1, -0.05) is 11.6 Å². The predicted molar refractivity (Wildman–Crippen MR) is 120 cm³/mol. The van der Waals surface area contributed by atoms with Crippen LogP contribution in [0.1, 0.15) is 56.9 Å². The first-order valence-corrected chi connectivity index (χ1v) is 11.3. The quantitative estimate of drug-likeness (QED) is 0.704. The summed E-state index contributed by atoms with van der Waals surface area (Å²) in [5.74, 6) is 0.851. The smallest absolute Gasteiger partial charge is 0.185 e. The predicted octanol–water partition coefficient (Wildman–Crippen LogP) is 3.70. The van der Waals surface area contributed by atoms with E-state index in [1.54, 1.807) is 0 Å². The molecule has 164 valence electrons. The molecular weight excluding hydrogens is 378 g/mol. The molecule has 0 amide bonds. The lowest BCUT2D eigenvalue weighted by Gasteiger charge is -2.37. The number of benzene rings is 1. The van der Waals surface area contributed by atoms with Gasteiger partial charge < -0.3 is 24.8 Å². The molecule has 3 heterocycles. The van der Waals surface area contributed by atoms with Crippen LogP contribution in [0.25, 0.3) is 10.9 Å². The zero-order valence-corrected chi connectivity index (χ0v) is 18.4. The van der Waals surface area contributed by atoms with Crippen LogP contribution in [0.5, 0.6) is 0 Å². The Labute approximate surface area is 179 Å². The Morgan fingerprint density at radius 1 is 1.10 bits per heavy atom. The number of aliphatic hydroxyl groups is 1. The van der Waals surface area contributed by atoms with Crippen molar-refractivity contribution in [2.45, 2.75) is 70.9 Å². The molecule has 2 fully saturated rings. The fraction of sp³-hybridized carbons (Fsp3) is 0.625. The molecule has 0 spiro atoms. The Hall–Kier alpha value is -1.73. The average molecular weight is 414 g/mol. The molecule has 1 atom stereocenters. The van der Waals surface area contributed by atoms with Gasteiger partial charge >= 0.3 is 0 Å². The molecule has 0 saturated carbocycles. The summed E-state index contributed by atoms with van der Waals surface area (Å²) >= 11 is 0. The summed E-state index contributed by atoms with van der Waals surface area (Å²) in [6.45, 7) is 9.54. The third kappa shape index (κ3) is 5.11. The van der Waals surface area contributed by atoms with Crippen molar-refractivity contribution in [1.29, 1.82) is 0 Å². The van der Waals surface area contributed by atoms with E-state index in [2.05, 4.69) is 35.3 Å². The van der Waals surface area contributed by atoms with Crippen molar-refractivity contribution >= 4 is 16.7 Å². The van der Waals surface area contributed by atoms with Crippen LogP contribution in [0.4, 0.5) is 5.82 Å². The van der Waals surface area contributed by atoms with E-state index in [9.17, 15) is 5.11 Å². The molecule has 2 saturated heterocycles. The highest BCUT2D eigenvalue weighted by atomic mass is 16.6. The number of nitrogens with one attached hydrogen (secondary N) is 1. The van der Waals surface area contributed by atoms with Crippen LogP contribution in [-0.4, -0.2) is 54.6 Å². The molecule has 30 heavy (non-hydrogen) atoms. The van der Waals surface area contributed by atoms with Crippen LogP contribution in [0.2, 0.25) is 0 Å². The zero-order chi connectivity index (χ0) is 21.1. The summed E-state index contributed by atoms with van der Waals surface area (Å²) < 4.78 is 11.2. The van der Waals surface area contributed by atoms with E-state index in [0.717, 1.165) is 74.3 Å². The van der Waals surface area contributed by atoms with Gasteiger partial charge in [0.15, 0.2) is 6.29 Å². The molecule has 2 N–H and O–H groups in total. The van der Waals surface area contributed by atoms with Gasteiger partial charge in [-0.3, -0.25) is 0 Å². The minimum atomic E-state index is -0.976. The highest BCUT2D eigenvalue weighted by Crippen LogP contribution is 2.32. The number of piperidine rings is 1. The van der Waals surface area contributed by atoms with Gasteiger partial charge in [-0.25, -0.2) is 4.98 Å². The van der Waals surface area contributed by atoms with Crippen molar-refractivity contribution < 1.29 is 14.6 Å². The van der Waals surface area contributed by atoms with Gasteiger partial charge in [0.05, 0.1) is 17.2 Å². The fourth-order valence-corrected chi connectivity index (χ4v) is 4.52. The molecule has 2 aliphatic heterocycles. The number of anilines is 1. The molecule has 4 rings (SSSR count). The van der Waals surface area contributed by atoms with E-state index >= 15 is 0 Å². The average Bonchev–Trinajstić information content (AvgIpc) is 2.73. The van der Waals surface area contributed by atoms with E-state index in [0.29, 0.717) is 12.1 Å². The summed E-state index contributed by atoms with van der Waals surface area (Å²) in [6.07, 6.45) is 3.33. The molecule has 1 aromatic heterocycles. The molecule has 2 aromatic rings. The summed E-state index contributed by atoms with van der Waals surface area (Å²) in [6, 6.07) is 9.42. The highest BCUT2D eigenvalue weighted by molar-refractivity contribution is 5.82. The van der Waals surface area contributed by atoms with Crippen molar-refractivity contribution in [3.63, 3.8) is 0 Å². The largest absolute Gasteiger partial charge is 0.381 e. The van der Waals surface area contributed by atoms with Gasteiger partial charge in [-0.2, -0.15) is 0 Å². The lowest BCUT2D eigenvalue weighted by Crippen LogP contribution is -2.48. The SMILES string of the molecule is Cc1ccc2nc(N3CCC(NC4CCOCC4)CC3)c(C(O)OC(C)C)cc2c1. The summed E-state index contributed by atoms with van der Waals surface area (Å²) in [4.78, 5) is 7.27. The first-order valence-electron chi connectivity index (χ1n) is 11.3. The van der Waals surface area contributed by atoms with Crippen LogP contribution in [-0.2, 0) is 9.47 Å². The number of rotatable bonds is 6. The second-order valence-electron chi connectivity index (χ2n) is 8.95. The minimum Gasteiger partial charge on any atom is -0.381 e. The standard InChI is InChI=1S/C24H35N3O3/c1-16(2)30-24(28)21-15-18-14-17(3)4-5-22(18)26-23(21)27-10-6-19(7-11-27)25-20-8-12-29-13-9-20/h4-5,14-16,19-20,24-25,28H,6-13H2,1-3H3. The maximum atomic E-state index is 10.8. The van der Waals surface area contributed by atoms with Crippen molar-refractivity contribution in [3.05, 3.63) is 35.4 Å². The van der Waals surface area contributed by atoms with Crippen LogP contribution in [0, 0.1) is 6.92 Å². The van der Waals surface area contributed by atoms with Gasteiger partial charge in [0.1, 0.15) is 5.82 Å². The second-order valence-corrected chi connectivity index (χ2v) is 8.95. The van der Waals surface area contributed by atoms with Crippen LogP contribution < -0.4 is 10.2 Å². The topological polar surface area (TPSA) is 66.9 Å². The number of pyridine rings is 1. The number of hydrogen-bond donors (Lipinski definition) is 2. The van der Waals surface area contributed by atoms with Crippen molar-refractivity contribution in [2.24, 2.45) is 0 Å². The van der Waals surface area contributed by atoms with Gasteiger partial charge in [-0.05, 0) is 64.7 Å². The third-order valence-electron chi connectivity index (χ3n) is 6.13. The van der Waals surface area contributed by atoms with Gasteiger partial charge in [0, 0.05) is 43.8 Å². The second kappa shape index (κ2) is 9.60. The molecule has 2 aliphatic rings. The van der Waals surface area contributed by atoms with E-state index < -0.39 is 6.29 Å². The molecule has 0 aliphatic carbocycles. The summed E-state index contributed by atoms with van der Waals surface area (Å²) in [7, 11) is 0. The lowest BCUT2D eigenvalue weighted by molar-refractivity contribution is -0.128. The first-order chi connectivity index (χ1) is 14.5. The monoisotopic (exact) mass is 413 g/mol. The number of aromatic nitrogens is 1. The molecule has 1 unspecified atom stereocenters. The maximum Gasteiger partial charge on any atom is 0.185 e. The number of fused-ring (bicyclic) bond motifs is 1. The number of aliphatic hydroxyl groups excluding tert-OH is 1. The minimum absolute atomic E-state index is 0.0598. The Morgan fingerprint density at radius 2 is 1.80 bits per heavy atom. The fourth-order valence-electron chi connectivity index (χ4n) is 4.52. The molecule has 0 radical (unpaired) electrons. The number of hydrogen-bond acceptors (Lipinski definition) is 6. The molecule has 6 nitrogen and oxygen atoms in total. The van der Waals surface area contributed by atoms with Crippen molar-refractivity contribution in [3.8, 4) is 0 Å². The van der Waals surface area contributed by atoms with Gasteiger partial charge in [0.25, 0.3) is 0 Å². The molecule has 1 aromatic carbocycles. The van der Waals surface area contributed by atoms with Crippen LogP contribution in [0.15, 0.2) is 24.3 Å². The van der Waals surface area contributed by atoms with Gasteiger partial charge in [-0.15, -0.1) is 0 Å². The van der Waals surface area contributed by atoms with Crippen LogP contribution >= 0.6 is 0 Å². The van der Waals surface area contributed by atoms with E-state index in [1.807, 2.05) is 19.9 Å². The molecule has 6 heteroatoms. The van der Waals surface area contributed by atoms with Crippen molar-refractivity contribution in [1.82, 2.24) is 10.3 Å². The molecule has 0 bridgehead atoms. The Morgan fingerprint density at radius 3 is 2.50 bits per heavy atom. The molecular formula is C24H35N3O3. The summed E-state index contributed by atoms with van der Waals surface area (Å²) in [5, 5.41) is 15.7. The Kier molecular flexibility index (Phi) is 6.88. The third-order valence-corrected chi connectivity index (χ3v) is 6.13. The van der Waals surface area contributed by atoms with E-state index in [-0.39, 0.29) is 6.10 Å². The number of ether oxygens (including phenoxy) is 2. The van der Waals surface area contributed by atoms with Crippen molar-refractivity contribution in [2.75, 3.05) is 31.2 Å². The van der Waals surface area contributed by atoms with E-state index in [4.69, 9.17) is 14.5 Å². The van der Waals surface area contributed by atoms with Crippen LogP contribution in [0.3, 0.4) is 0 Å². The number of aryl methyl sites for hydroxylation is 1. The van der Waals surface area contributed by atoms with E-state index in [1.165, 1.54) is 5.56 Å². The maximum absolute atomic E-state index is 10.8. The number of nitrogens with zero attached hydrogens (tertiary/aromatic N) is 2. The lowest BCUT2D eigenvalue weighted by atomic mass is 10.0. The normalized spacial score (nSPS) is 20.2. The highest BCUT2D eigenvalue weighted by Gasteiger charge is 2.27. The Bertz CT molecular complexity index is 843. The zero-order valence-electron chi connectivity index (χ0n) is 18.4. The first kappa shape index (κ1) is 21.5. The summed E-state index contributed by atoms with van der Waals surface area (Å²) in [5.41, 5.74) is 2.90. The Balaban J connectivity index is 1.52.